The number of carbonyl (C=O) groups excluding carboxylic acids is 1. The molecule has 0 N–H and O–H groups in total. The van der Waals surface area contributed by atoms with E-state index in [1.165, 1.54) is 0 Å². The monoisotopic (exact) mass is 278 g/mol. The lowest BCUT2D eigenvalue weighted by molar-refractivity contribution is 0.0621. The van der Waals surface area contributed by atoms with Gasteiger partial charge in [-0.3, -0.25) is 4.90 Å². The van der Waals surface area contributed by atoms with E-state index < -0.39 is 0 Å². The summed E-state index contributed by atoms with van der Waals surface area (Å²) < 4.78 is 11.4. The molecule has 20 heavy (non-hydrogen) atoms. The van der Waals surface area contributed by atoms with Crippen molar-refractivity contribution in [2.75, 3.05) is 26.7 Å². The molecule has 2 aliphatic rings. The number of likely N-dealkylation sites (tertiary alicyclic amines) is 1. The van der Waals surface area contributed by atoms with Crippen molar-refractivity contribution in [1.82, 2.24) is 9.80 Å². The minimum atomic E-state index is -0.301. The SMILES string of the molecule is CCCc1ccc(CN2CCC3(C2)CN(C)C(=O)O3)o1. The maximum absolute atomic E-state index is 11.5. The highest BCUT2D eigenvalue weighted by atomic mass is 16.6. The Morgan fingerprint density at radius 1 is 1.30 bits per heavy atom. The van der Waals surface area contributed by atoms with Crippen molar-refractivity contribution in [2.45, 2.75) is 38.3 Å². The molecule has 2 saturated heterocycles. The van der Waals surface area contributed by atoms with Crippen molar-refractivity contribution in [1.29, 1.82) is 0 Å². The lowest BCUT2D eigenvalue weighted by Crippen LogP contribution is -2.36. The fourth-order valence-corrected chi connectivity index (χ4v) is 3.18. The molecule has 1 spiro atoms. The van der Waals surface area contributed by atoms with Crippen molar-refractivity contribution >= 4 is 6.09 Å². The van der Waals surface area contributed by atoms with Crippen LogP contribution in [0, 0.1) is 0 Å². The van der Waals surface area contributed by atoms with Crippen LogP contribution in [0.25, 0.3) is 0 Å². The maximum atomic E-state index is 11.5. The molecule has 2 aliphatic heterocycles. The molecule has 5 nitrogen and oxygen atoms in total. The van der Waals surface area contributed by atoms with Crippen LogP contribution in [-0.4, -0.2) is 48.2 Å². The number of hydrogen-bond acceptors (Lipinski definition) is 4. The van der Waals surface area contributed by atoms with Gasteiger partial charge < -0.3 is 14.1 Å². The second-order valence-corrected chi connectivity index (χ2v) is 5.99. The summed E-state index contributed by atoms with van der Waals surface area (Å²) in [6.07, 6.45) is 2.80. The third kappa shape index (κ3) is 2.54. The smallest absolute Gasteiger partial charge is 0.410 e. The second-order valence-electron chi connectivity index (χ2n) is 5.99. The topological polar surface area (TPSA) is 45.9 Å². The molecule has 0 radical (unpaired) electrons. The Kier molecular flexibility index (Phi) is 3.46. The molecule has 1 aromatic heterocycles. The number of hydrogen-bond donors (Lipinski definition) is 0. The van der Waals surface area contributed by atoms with Gasteiger partial charge in [0.25, 0.3) is 0 Å². The Morgan fingerprint density at radius 3 is 2.80 bits per heavy atom. The summed E-state index contributed by atoms with van der Waals surface area (Å²) in [6, 6.07) is 4.12. The first kappa shape index (κ1) is 13.5. The first-order valence-electron chi connectivity index (χ1n) is 7.34. The predicted octanol–water partition coefficient (Wildman–Crippen LogP) is 2.26. The average molecular weight is 278 g/mol. The van der Waals surface area contributed by atoms with Crippen LogP contribution >= 0.6 is 0 Å². The van der Waals surface area contributed by atoms with Crippen molar-refractivity contribution in [2.24, 2.45) is 0 Å². The standard InChI is InChI=1S/C15H22N2O3/c1-3-4-12-5-6-13(19-12)9-17-8-7-15(11-17)10-16(2)14(18)20-15/h5-6H,3-4,7-11H2,1-2H3. The van der Waals surface area contributed by atoms with E-state index in [0.717, 1.165) is 50.4 Å². The van der Waals surface area contributed by atoms with E-state index in [-0.39, 0.29) is 11.7 Å². The largest absolute Gasteiger partial charge is 0.465 e. The molecule has 1 atom stereocenters. The van der Waals surface area contributed by atoms with Crippen molar-refractivity contribution in [3.8, 4) is 0 Å². The summed E-state index contributed by atoms with van der Waals surface area (Å²) >= 11 is 0. The predicted molar refractivity (Wildman–Crippen MR) is 74.4 cm³/mol. The maximum Gasteiger partial charge on any atom is 0.410 e. The van der Waals surface area contributed by atoms with Crippen molar-refractivity contribution in [3.63, 3.8) is 0 Å². The quantitative estimate of drug-likeness (QED) is 0.847. The second kappa shape index (κ2) is 5.13. The number of furan rings is 1. The van der Waals surface area contributed by atoms with Crippen LogP contribution in [0.2, 0.25) is 0 Å². The summed E-state index contributed by atoms with van der Waals surface area (Å²) in [4.78, 5) is 15.5. The van der Waals surface area contributed by atoms with Gasteiger partial charge >= 0.3 is 6.09 Å². The number of aryl methyl sites for hydroxylation is 1. The fourth-order valence-electron chi connectivity index (χ4n) is 3.18. The van der Waals surface area contributed by atoms with Crippen LogP contribution in [-0.2, 0) is 17.7 Å². The van der Waals surface area contributed by atoms with Gasteiger partial charge in [-0.05, 0) is 18.6 Å². The summed E-state index contributed by atoms with van der Waals surface area (Å²) in [6.45, 7) is 5.39. The molecule has 0 bridgehead atoms. The lowest BCUT2D eigenvalue weighted by Gasteiger charge is -2.21. The Labute approximate surface area is 119 Å². The Bertz CT molecular complexity index is 499. The van der Waals surface area contributed by atoms with Gasteiger partial charge in [0.05, 0.1) is 13.1 Å². The highest BCUT2D eigenvalue weighted by Crippen LogP contribution is 2.32. The zero-order valence-electron chi connectivity index (χ0n) is 12.2. The third-order valence-corrected chi connectivity index (χ3v) is 4.13. The van der Waals surface area contributed by atoms with Crippen LogP contribution in [0.15, 0.2) is 16.5 Å². The lowest BCUT2D eigenvalue weighted by atomic mass is 10.0. The molecule has 3 heterocycles. The van der Waals surface area contributed by atoms with Gasteiger partial charge in [-0.25, -0.2) is 4.79 Å². The third-order valence-electron chi connectivity index (χ3n) is 4.13. The van der Waals surface area contributed by atoms with Gasteiger partial charge in [0.2, 0.25) is 0 Å². The Morgan fingerprint density at radius 2 is 2.10 bits per heavy atom. The average Bonchev–Trinajstić information content (AvgIpc) is 3.05. The minimum absolute atomic E-state index is 0.199. The van der Waals surface area contributed by atoms with Gasteiger partial charge in [0.1, 0.15) is 17.1 Å². The first-order valence-corrected chi connectivity index (χ1v) is 7.34. The van der Waals surface area contributed by atoms with Crippen molar-refractivity contribution < 1.29 is 13.9 Å². The molecule has 110 valence electrons. The van der Waals surface area contributed by atoms with E-state index in [1.54, 1.807) is 11.9 Å². The first-order chi connectivity index (χ1) is 9.60. The molecule has 0 saturated carbocycles. The minimum Gasteiger partial charge on any atom is -0.465 e. The van der Waals surface area contributed by atoms with Crippen LogP contribution < -0.4 is 0 Å². The molecule has 1 amide bonds. The number of likely N-dealkylation sites (N-methyl/N-ethyl adjacent to an activating group) is 1. The number of amides is 1. The van der Waals surface area contributed by atoms with Crippen LogP contribution in [0.1, 0.15) is 31.3 Å². The van der Waals surface area contributed by atoms with E-state index in [0.29, 0.717) is 6.54 Å². The van der Waals surface area contributed by atoms with Gasteiger partial charge in [-0.2, -0.15) is 0 Å². The fraction of sp³-hybridized carbons (Fsp3) is 0.667. The van der Waals surface area contributed by atoms with Gasteiger partial charge in [0, 0.05) is 33.0 Å². The van der Waals surface area contributed by atoms with E-state index in [1.807, 2.05) is 0 Å². The molecular weight excluding hydrogens is 256 g/mol. The molecule has 3 rings (SSSR count). The normalized spacial score (nSPS) is 26.7. The molecule has 5 heteroatoms. The number of carbonyl (C=O) groups is 1. The molecule has 0 aliphatic carbocycles. The Balaban J connectivity index is 1.59. The zero-order chi connectivity index (χ0) is 14.2. The zero-order valence-corrected chi connectivity index (χ0v) is 12.2. The molecule has 1 aromatic rings. The summed E-state index contributed by atoms with van der Waals surface area (Å²) in [5, 5.41) is 0. The highest BCUT2D eigenvalue weighted by Gasteiger charge is 2.48. The summed E-state index contributed by atoms with van der Waals surface area (Å²) in [7, 11) is 1.79. The van der Waals surface area contributed by atoms with Gasteiger partial charge in [-0.15, -0.1) is 0 Å². The summed E-state index contributed by atoms with van der Waals surface area (Å²) in [5.41, 5.74) is -0.301. The molecule has 0 aromatic carbocycles. The molecular formula is C15H22N2O3. The van der Waals surface area contributed by atoms with E-state index >= 15 is 0 Å². The van der Waals surface area contributed by atoms with Crippen LogP contribution in [0.5, 0.6) is 0 Å². The van der Waals surface area contributed by atoms with Gasteiger partial charge in [-0.1, -0.05) is 6.92 Å². The number of rotatable bonds is 4. The number of nitrogens with zero attached hydrogens (tertiary/aromatic N) is 2. The van der Waals surface area contributed by atoms with E-state index in [9.17, 15) is 4.79 Å². The van der Waals surface area contributed by atoms with E-state index in [2.05, 4.69) is 24.0 Å². The molecule has 1 unspecified atom stereocenters. The molecule has 2 fully saturated rings. The highest BCUT2D eigenvalue weighted by molar-refractivity contribution is 5.70. The van der Waals surface area contributed by atoms with Gasteiger partial charge in [0.15, 0.2) is 0 Å². The van der Waals surface area contributed by atoms with Crippen LogP contribution in [0.4, 0.5) is 4.79 Å². The van der Waals surface area contributed by atoms with Crippen molar-refractivity contribution in [3.05, 3.63) is 23.7 Å². The summed E-state index contributed by atoms with van der Waals surface area (Å²) in [5.74, 6) is 2.06. The van der Waals surface area contributed by atoms with Crippen LogP contribution in [0.3, 0.4) is 0 Å². The van der Waals surface area contributed by atoms with E-state index in [4.69, 9.17) is 9.15 Å². The number of ether oxygens (including phenoxy) is 1. The Hall–Kier alpha value is -1.49.